The molecule has 1 N–H and O–H groups in total. The molecule has 20 heavy (non-hydrogen) atoms. The highest BCUT2D eigenvalue weighted by Crippen LogP contribution is 2.46. The van der Waals surface area contributed by atoms with Crippen LogP contribution in [-0.2, 0) is 9.09 Å². The van der Waals surface area contributed by atoms with E-state index in [0.717, 1.165) is 11.1 Å². The Labute approximate surface area is 118 Å². The topological polar surface area (TPSA) is 55.8 Å². The molecule has 1 aromatic rings. The van der Waals surface area contributed by atoms with Crippen molar-refractivity contribution in [3.05, 3.63) is 65.8 Å². The maximum Gasteiger partial charge on any atom is 0.528 e. The van der Waals surface area contributed by atoms with Gasteiger partial charge in [0.1, 0.15) is 11.9 Å². The smallest absolute Gasteiger partial charge is 0.404 e. The highest BCUT2D eigenvalue weighted by Gasteiger charge is 2.29. The van der Waals surface area contributed by atoms with Crippen LogP contribution in [0.1, 0.15) is 13.8 Å². The molecule has 0 aromatic heterocycles. The lowest BCUT2D eigenvalue weighted by Gasteiger charge is -2.22. The van der Waals surface area contributed by atoms with Gasteiger partial charge in [-0.25, -0.2) is 4.57 Å². The molecule has 0 saturated carbocycles. The normalized spacial score (nSPS) is 20.6. The Kier molecular flexibility index (Phi) is 4.61. The summed E-state index contributed by atoms with van der Waals surface area (Å²) in [5, 5.41) is 0. The Morgan fingerprint density at radius 3 is 2.55 bits per heavy atom. The molecule has 5 heteroatoms. The molecule has 0 radical (unpaired) electrons. The number of phosphoric ester groups is 1. The average molecular weight is 292 g/mol. The van der Waals surface area contributed by atoms with E-state index in [2.05, 4.69) is 0 Å². The molecule has 0 fully saturated rings. The summed E-state index contributed by atoms with van der Waals surface area (Å²) in [6.45, 7) is 3.85. The number of hydrogen-bond donors (Lipinski definition) is 1. The molecular formula is C15H17O4P. The lowest BCUT2D eigenvalue weighted by molar-refractivity contribution is 0.186. The molecule has 2 unspecified atom stereocenters. The molecule has 4 nitrogen and oxygen atoms in total. The van der Waals surface area contributed by atoms with Crippen molar-refractivity contribution in [3.63, 3.8) is 0 Å². The lowest BCUT2D eigenvalue weighted by atomic mass is 10.0. The van der Waals surface area contributed by atoms with Gasteiger partial charge in [-0.05, 0) is 31.6 Å². The number of rotatable bonds is 4. The van der Waals surface area contributed by atoms with Crippen LogP contribution in [0.4, 0.5) is 0 Å². The molecule has 1 aromatic carbocycles. The zero-order valence-corrected chi connectivity index (χ0v) is 12.3. The summed E-state index contributed by atoms with van der Waals surface area (Å²) in [5.74, 6) is 0.299. The number of phosphoric acid groups is 1. The van der Waals surface area contributed by atoms with Gasteiger partial charge >= 0.3 is 7.82 Å². The first-order valence-electron chi connectivity index (χ1n) is 6.26. The van der Waals surface area contributed by atoms with Crippen molar-refractivity contribution in [2.24, 2.45) is 0 Å². The minimum atomic E-state index is -4.18. The monoisotopic (exact) mass is 292 g/mol. The van der Waals surface area contributed by atoms with Crippen LogP contribution >= 0.6 is 7.82 Å². The second-order valence-corrected chi connectivity index (χ2v) is 5.93. The molecule has 106 valence electrons. The maximum absolute atomic E-state index is 12.1. The summed E-state index contributed by atoms with van der Waals surface area (Å²) >= 11 is 0. The largest absolute Gasteiger partial charge is 0.528 e. The third-order valence-electron chi connectivity index (χ3n) is 2.77. The van der Waals surface area contributed by atoms with Gasteiger partial charge in [0, 0.05) is 0 Å². The van der Waals surface area contributed by atoms with Crippen molar-refractivity contribution < 1.29 is 18.5 Å². The van der Waals surface area contributed by atoms with E-state index < -0.39 is 13.9 Å². The summed E-state index contributed by atoms with van der Waals surface area (Å²) in [5.41, 5.74) is 1.88. The van der Waals surface area contributed by atoms with Crippen LogP contribution in [0, 0.1) is 0 Å². The van der Waals surface area contributed by atoms with E-state index in [9.17, 15) is 9.46 Å². The second-order valence-electron chi connectivity index (χ2n) is 4.60. The molecule has 0 heterocycles. The lowest BCUT2D eigenvalue weighted by Crippen LogP contribution is -2.15. The van der Waals surface area contributed by atoms with Crippen LogP contribution in [0.25, 0.3) is 0 Å². The predicted octanol–water partition coefficient (Wildman–Crippen LogP) is 4.01. The number of hydrogen-bond acceptors (Lipinski definition) is 3. The van der Waals surface area contributed by atoms with E-state index in [1.165, 1.54) is 0 Å². The van der Waals surface area contributed by atoms with Crippen LogP contribution in [0.5, 0.6) is 5.75 Å². The first-order chi connectivity index (χ1) is 9.48. The van der Waals surface area contributed by atoms with Crippen molar-refractivity contribution >= 4 is 7.82 Å². The van der Waals surface area contributed by atoms with E-state index >= 15 is 0 Å². The zero-order chi connectivity index (χ0) is 14.6. The highest BCUT2D eigenvalue weighted by atomic mass is 31.2. The van der Waals surface area contributed by atoms with Gasteiger partial charge in [0.25, 0.3) is 0 Å². The van der Waals surface area contributed by atoms with Gasteiger partial charge in [0.15, 0.2) is 0 Å². The van der Waals surface area contributed by atoms with Gasteiger partial charge in [-0.2, -0.15) is 0 Å². The van der Waals surface area contributed by atoms with Crippen molar-refractivity contribution in [1.29, 1.82) is 0 Å². The molecule has 0 spiro atoms. The number of allylic oxidation sites excluding steroid dienone is 3. The first kappa shape index (κ1) is 14.8. The maximum atomic E-state index is 12.1. The molecule has 0 amide bonds. The number of benzene rings is 1. The van der Waals surface area contributed by atoms with E-state index in [-0.39, 0.29) is 0 Å². The summed E-state index contributed by atoms with van der Waals surface area (Å²) < 4.78 is 22.3. The Morgan fingerprint density at radius 2 is 1.90 bits per heavy atom. The van der Waals surface area contributed by atoms with E-state index in [0.29, 0.717) is 5.75 Å². The summed E-state index contributed by atoms with van der Waals surface area (Å²) in [6.07, 6.45) is 6.65. The van der Waals surface area contributed by atoms with Gasteiger partial charge in [-0.3, -0.25) is 9.42 Å². The van der Waals surface area contributed by atoms with Gasteiger partial charge in [0.05, 0.1) is 0 Å². The summed E-state index contributed by atoms with van der Waals surface area (Å²) in [4.78, 5) is 9.85. The van der Waals surface area contributed by atoms with Gasteiger partial charge in [-0.1, -0.05) is 48.1 Å². The van der Waals surface area contributed by atoms with Crippen LogP contribution in [0.15, 0.2) is 65.8 Å². The van der Waals surface area contributed by atoms with E-state index in [1.807, 2.05) is 26.0 Å². The van der Waals surface area contributed by atoms with Gasteiger partial charge in [-0.15, -0.1) is 0 Å². The van der Waals surface area contributed by atoms with Crippen molar-refractivity contribution in [2.75, 3.05) is 0 Å². The quantitative estimate of drug-likeness (QED) is 0.852. The van der Waals surface area contributed by atoms with Gasteiger partial charge in [0.2, 0.25) is 0 Å². The van der Waals surface area contributed by atoms with Crippen LogP contribution in [0.3, 0.4) is 0 Å². The third kappa shape index (κ3) is 3.94. The van der Waals surface area contributed by atoms with Crippen molar-refractivity contribution in [1.82, 2.24) is 0 Å². The molecule has 0 bridgehead atoms. The summed E-state index contributed by atoms with van der Waals surface area (Å²) in [6, 6.07) is 8.45. The fraction of sp³-hybridized carbons (Fsp3) is 0.200. The minimum absolute atomic E-state index is 0.299. The Bertz CT molecular complexity index is 598. The molecule has 0 aliphatic heterocycles. The average Bonchev–Trinajstić information content (AvgIpc) is 2.39. The number of para-hydroxylation sites is 1. The SMILES string of the molecule is CC(C)=C1C=CC=CC1OP(=O)(O)Oc1ccccc1. The molecule has 2 rings (SSSR count). The summed E-state index contributed by atoms with van der Waals surface area (Å²) in [7, 11) is -4.18. The fourth-order valence-electron chi connectivity index (χ4n) is 1.85. The second kappa shape index (κ2) is 6.23. The van der Waals surface area contributed by atoms with Gasteiger partial charge < -0.3 is 4.52 Å². The molecular weight excluding hydrogens is 275 g/mol. The Hall–Kier alpha value is -1.61. The zero-order valence-electron chi connectivity index (χ0n) is 11.4. The van der Waals surface area contributed by atoms with E-state index in [1.54, 1.807) is 42.5 Å². The van der Waals surface area contributed by atoms with E-state index in [4.69, 9.17) is 9.05 Å². The van der Waals surface area contributed by atoms with Crippen molar-refractivity contribution in [2.45, 2.75) is 20.0 Å². The minimum Gasteiger partial charge on any atom is -0.404 e. The van der Waals surface area contributed by atoms with Crippen LogP contribution < -0.4 is 4.52 Å². The predicted molar refractivity (Wildman–Crippen MR) is 78.4 cm³/mol. The van der Waals surface area contributed by atoms with Crippen LogP contribution in [0.2, 0.25) is 0 Å². The first-order valence-corrected chi connectivity index (χ1v) is 7.75. The standard InChI is InChI=1S/C15H17O4P/c1-12(2)14-10-6-7-11-15(14)19-20(16,17)18-13-8-4-3-5-9-13/h3-11,15H,1-2H3,(H,16,17). The van der Waals surface area contributed by atoms with Crippen molar-refractivity contribution in [3.8, 4) is 5.75 Å². The third-order valence-corrected chi connectivity index (χ3v) is 3.70. The van der Waals surface area contributed by atoms with Crippen LogP contribution in [-0.4, -0.2) is 11.0 Å². The molecule has 1 aliphatic carbocycles. The molecule has 2 atom stereocenters. The Morgan fingerprint density at radius 1 is 1.20 bits per heavy atom. The molecule has 0 saturated heterocycles. The Balaban J connectivity index is 2.12. The fourth-order valence-corrected chi connectivity index (χ4v) is 2.75. The molecule has 1 aliphatic rings. The highest BCUT2D eigenvalue weighted by molar-refractivity contribution is 7.47.